The van der Waals surface area contributed by atoms with Crippen LogP contribution in [-0.2, 0) is 10.0 Å². The third-order valence-corrected chi connectivity index (χ3v) is 4.00. The first-order valence-corrected chi connectivity index (χ1v) is 7.68. The Labute approximate surface area is 104 Å². The summed E-state index contributed by atoms with van der Waals surface area (Å²) in [5.41, 5.74) is 0. The van der Waals surface area contributed by atoms with Crippen molar-refractivity contribution in [3.63, 3.8) is 0 Å². The Hall–Kier alpha value is 0.160. The fraction of sp³-hybridized carbons (Fsp3) is 1.00. The lowest BCUT2D eigenvalue weighted by atomic mass is 10.1. The number of likely N-dealkylation sites (N-methyl/N-ethyl adjacent to an activating group) is 1. The number of alkyl halides is 1. The monoisotopic (exact) mass is 270 g/mol. The van der Waals surface area contributed by atoms with E-state index in [0.29, 0.717) is 18.8 Å². The van der Waals surface area contributed by atoms with Crippen molar-refractivity contribution < 1.29 is 8.42 Å². The summed E-state index contributed by atoms with van der Waals surface area (Å²) >= 11 is 5.49. The number of sulfonamides is 1. The maximum atomic E-state index is 11.7. The van der Waals surface area contributed by atoms with Gasteiger partial charge in [-0.15, -0.1) is 11.6 Å². The van der Waals surface area contributed by atoms with E-state index in [1.807, 2.05) is 32.8 Å². The molecule has 6 heteroatoms. The van der Waals surface area contributed by atoms with Gasteiger partial charge in [0.05, 0.1) is 5.75 Å². The van der Waals surface area contributed by atoms with Crippen LogP contribution >= 0.6 is 11.6 Å². The van der Waals surface area contributed by atoms with Crippen molar-refractivity contribution in [2.24, 2.45) is 5.92 Å². The van der Waals surface area contributed by atoms with E-state index in [0.717, 1.165) is 0 Å². The Morgan fingerprint density at radius 1 is 1.31 bits per heavy atom. The van der Waals surface area contributed by atoms with Gasteiger partial charge in [-0.25, -0.2) is 13.1 Å². The molecule has 0 aliphatic heterocycles. The van der Waals surface area contributed by atoms with Crippen LogP contribution in [0.25, 0.3) is 0 Å². The van der Waals surface area contributed by atoms with Gasteiger partial charge in [0.2, 0.25) is 10.0 Å². The highest BCUT2D eigenvalue weighted by Crippen LogP contribution is 2.05. The summed E-state index contributed by atoms with van der Waals surface area (Å²) in [7, 11) is 0.671. The fourth-order valence-electron chi connectivity index (χ4n) is 1.31. The number of nitrogens with zero attached hydrogens (tertiary/aromatic N) is 1. The van der Waals surface area contributed by atoms with Gasteiger partial charge in [-0.05, 0) is 26.4 Å². The van der Waals surface area contributed by atoms with Crippen LogP contribution in [0.3, 0.4) is 0 Å². The van der Waals surface area contributed by atoms with Gasteiger partial charge in [0.15, 0.2) is 0 Å². The van der Waals surface area contributed by atoms with Crippen LogP contribution < -0.4 is 4.72 Å². The number of halogens is 1. The molecule has 0 amide bonds. The van der Waals surface area contributed by atoms with Crippen LogP contribution in [0, 0.1) is 5.92 Å². The minimum Gasteiger partial charge on any atom is -0.308 e. The van der Waals surface area contributed by atoms with Gasteiger partial charge in [-0.3, -0.25) is 0 Å². The Morgan fingerprint density at radius 3 is 2.25 bits per heavy atom. The van der Waals surface area contributed by atoms with E-state index in [4.69, 9.17) is 11.6 Å². The molecule has 0 heterocycles. The van der Waals surface area contributed by atoms with E-state index in [-0.39, 0.29) is 17.7 Å². The summed E-state index contributed by atoms with van der Waals surface area (Å²) in [4.78, 5) is 1.98. The van der Waals surface area contributed by atoms with E-state index < -0.39 is 10.0 Å². The largest absolute Gasteiger partial charge is 0.308 e. The molecular formula is C10H23ClN2O2S. The molecule has 0 spiro atoms. The van der Waals surface area contributed by atoms with Crippen LogP contribution in [0.1, 0.15) is 20.3 Å². The summed E-state index contributed by atoms with van der Waals surface area (Å²) in [6, 6.07) is -0.0460. The maximum absolute atomic E-state index is 11.7. The minimum absolute atomic E-state index is 0.0460. The van der Waals surface area contributed by atoms with Crippen molar-refractivity contribution in [3.8, 4) is 0 Å². The zero-order valence-electron chi connectivity index (χ0n) is 10.5. The molecule has 0 aromatic carbocycles. The standard InChI is InChI=1S/C10H23ClN2O2S/c1-9(2)10(8-13(3)4)12-16(14,15)7-5-6-11/h9-10,12H,5-8H2,1-4H3. The molecule has 1 N–H and O–H groups in total. The molecule has 0 aromatic heterocycles. The van der Waals surface area contributed by atoms with Crippen molar-refractivity contribution in [1.29, 1.82) is 0 Å². The van der Waals surface area contributed by atoms with Gasteiger partial charge in [-0.2, -0.15) is 0 Å². The topological polar surface area (TPSA) is 49.4 Å². The molecule has 0 fully saturated rings. The second-order valence-electron chi connectivity index (χ2n) is 4.59. The van der Waals surface area contributed by atoms with E-state index in [1.165, 1.54) is 0 Å². The number of hydrogen-bond acceptors (Lipinski definition) is 3. The van der Waals surface area contributed by atoms with Crippen molar-refractivity contribution in [3.05, 3.63) is 0 Å². The first kappa shape index (κ1) is 16.2. The molecule has 0 radical (unpaired) electrons. The molecule has 1 atom stereocenters. The Balaban J connectivity index is 4.38. The lowest BCUT2D eigenvalue weighted by Gasteiger charge is -2.25. The predicted octanol–water partition coefficient (Wildman–Crippen LogP) is 1.12. The van der Waals surface area contributed by atoms with Crippen molar-refractivity contribution in [1.82, 2.24) is 9.62 Å². The lowest BCUT2D eigenvalue weighted by molar-refractivity contribution is 0.314. The molecule has 0 saturated heterocycles. The van der Waals surface area contributed by atoms with Crippen LogP contribution in [0.5, 0.6) is 0 Å². The Kier molecular flexibility index (Phi) is 7.55. The van der Waals surface area contributed by atoms with E-state index >= 15 is 0 Å². The van der Waals surface area contributed by atoms with Gasteiger partial charge in [0, 0.05) is 18.5 Å². The number of rotatable bonds is 8. The smallest absolute Gasteiger partial charge is 0.211 e. The molecule has 0 aliphatic rings. The maximum Gasteiger partial charge on any atom is 0.211 e. The fourth-order valence-corrected chi connectivity index (χ4v) is 3.05. The van der Waals surface area contributed by atoms with Gasteiger partial charge >= 0.3 is 0 Å². The first-order valence-electron chi connectivity index (χ1n) is 5.49. The molecule has 0 saturated carbocycles. The second-order valence-corrected chi connectivity index (χ2v) is 6.84. The molecule has 0 rings (SSSR count). The van der Waals surface area contributed by atoms with Crippen molar-refractivity contribution >= 4 is 21.6 Å². The van der Waals surface area contributed by atoms with Crippen LogP contribution in [-0.4, -0.2) is 51.6 Å². The van der Waals surface area contributed by atoms with Crippen molar-refractivity contribution in [2.45, 2.75) is 26.3 Å². The summed E-state index contributed by atoms with van der Waals surface area (Å²) in [5.74, 6) is 0.752. The SMILES string of the molecule is CC(C)C(CN(C)C)NS(=O)(=O)CCCCl. The third kappa shape index (κ3) is 7.44. The molecule has 0 aliphatic carbocycles. The summed E-state index contributed by atoms with van der Waals surface area (Å²) < 4.78 is 26.1. The summed E-state index contributed by atoms with van der Waals surface area (Å²) in [5, 5.41) is 0. The van der Waals surface area contributed by atoms with Crippen molar-refractivity contribution in [2.75, 3.05) is 32.3 Å². The van der Waals surface area contributed by atoms with Crippen LogP contribution in [0.2, 0.25) is 0 Å². The van der Waals surface area contributed by atoms with E-state index in [1.54, 1.807) is 0 Å². The Morgan fingerprint density at radius 2 is 1.88 bits per heavy atom. The zero-order chi connectivity index (χ0) is 12.8. The predicted molar refractivity (Wildman–Crippen MR) is 69.4 cm³/mol. The zero-order valence-corrected chi connectivity index (χ0v) is 12.1. The Bertz CT molecular complexity index is 279. The molecule has 1 unspecified atom stereocenters. The van der Waals surface area contributed by atoms with Gasteiger partial charge in [0.1, 0.15) is 0 Å². The summed E-state index contributed by atoms with van der Waals surface area (Å²) in [6.07, 6.45) is 0.490. The molecule has 4 nitrogen and oxygen atoms in total. The average molecular weight is 271 g/mol. The molecule has 16 heavy (non-hydrogen) atoms. The van der Waals surface area contributed by atoms with E-state index in [2.05, 4.69) is 4.72 Å². The lowest BCUT2D eigenvalue weighted by Crippen LogP contribution is -2.45. The van der Waals surface area contributed by atoms with Crippen LogP contribution in [0.15, 0.2) is 0 Å². The molecule has 98 valence electrons. The average Bonchev–Trinajstić information content (AvgIpc) is 2.12. The van der Waals surface area contributed by atoms with E-state index in [9.17, 15) is 8.42 Å². The second kappa shape index (κ2) is 7.48. The third-order valence-electron chi connectivity index (χ3n) is 2.24. The minimum atomic E-state index is -3.19. The van der Waals surface area contributed by atoms with Gasteiger partial charge in [0.25, 0.3) is 0 Å². The molecule has 0 bridgehead atoms. The first-order chi connectivity index (χ1) is 7.28. The summed E-state index contributed by atoms with van der Waals surface area (Å²) in [6.45, 7) is 4.73. The normalized spacial score (nSPS) is 14.7. The number of nitrogens with one attached hydrogen (secondary N) is 1. The number of hydrogen-bond donors (Lipinski definition) is 1. The quantitative estimate of drug-likeness (QED) is 0.673. The van der Waals surface area contributed by atoms with Gasteiger partial charge < -0.3 is 4.90 Å². The molecule has 0 aromatic rings. The van der Waals surface area contributed by atoms with Gasteiger partial charge in [-0.1, -0.05) is 13.8 Å². The molecular weight excluding hydrogens is 248 g/mol. The highest BCUT2D eigenvalue weighted by molar-refractivity contribution is 7.89. The van der Waals surface area contributed by atoms with Crippen LogP contribution in [0.4, 0.5) is 0 Å². The highest BCUT2D eigenvalue weighted by atomic mass is 35.5. The highest BCUT2D eigenvalue weighted by Gasteiger charge is 2.20.